The summed E-state index contributed by atoms with van der Waals surface area (Å²) >= 11 is 1.27. The van der Waals surface area contributed by atoms with Crippen LogP contribution in [0, 0.1) is 11.6 Å². The number of halogens is 2. The van der Waals surface area contributed by atoms with Gasteiger partial charge in [-0.15, -0.1) is 11.3 Å². The summed E-state index contributed by atoms with van der Waals surface area (Å²) in [5.74, 6) is -2.20. The minimum atomic E-state index is -0.726. The molecule has 1 aromatic heterocycles. The van der Waals surface area contributed by atoms with Crippen molar-refractivity contribution in [2.75, 3.05) is 6.54 Å². The lowest BCUT2D eigenvalue weighted by Crippen LogP contribution is -2.38. The Hall–Kier alpha value is -2.28. The van der Waals surface area contributed by atoms with Gasteiger partial charge in [0.1, 0.15) is 11.6 Å². The second kappa shape index (κ2) is 7.13. The number of carbonyl (C=O) groups is 2. The molecular formula is C15H14F2N2O2S. The van der Waals surface area contributed by atoms with E-state index >= 15 is 0 Å². The van der Waals surface area contributed by atoms with Crippen LogP contribution in [0.3, 0.4) is 0 Å². The number of thiophene rings is 1. The number of benzene rings is 1. The third kappa shape index (κ3) is 4.11. The van der Waals surface area contributed by atoms with Crippen LogP contribution in [0.4, 0.5) is 8.78 Å². The summed E-state index contributed by atoms with van der Waals surface area (Å²) in [6.45, 7) is 1.36. The molecule has 0 fully saturated rings. The summed E-state index contributed by atoms with van der Waals surface area (Å²) in [7, 11) is 0. The van der Waals surface area contributed by atoms with Crippen LogP contribution in [0.5, 0.6) is 0 Å². The maximum Gasteiger partial charge on any atom is 0.261 e. The van der Waals surface area contributed by atoms with Crippen LogP contribution >= 0.6 is 11.3 Å². The van der Waals surface area contributed by atoms with Gasteiger partial charge in [-0.3, -0.25) is 9.59 Å². The molecule has 7 heteroatoms. The highest BCUT2D eigenvalue weighted by Gasteiger charge is 2.15. The van der Waals surface area contributed by atoms with Crippen LogP contribution in [-0.4, -0.2) is 18.4 Å². The predicted molar refractivity (Wildman–Crippen MR) is 79.6 cm³/mol. The number of amides is 2. The monoisotopic (exact) mass is 324 g/mol. The van der Waals surface area contributed by atoms with E-state index in [0.29, 0.717) is 4.88 Å². The Bertz CT molecular complexity index is 674. The van der Waals surface area contributed by atoms with E-state index in [1.54, 1.807) is 24.4 Å². The fourth-order valence-corrected chi connectivity index (χ4v) is 2.52. The number of rotatable bonds is 5. The van der Waals surface area contributed by atoms with Crippen molar-refractivity contribution in [3.8, 4) is 0 Å². The van der Waals surface area contributed by atoms with Crippen molar-refractivity contribution >= 4 is 23.2 Å². The molecule has 2 amide bonds. The molecule has 0 saturated heterocycles. The van der Waals surface area contributed by atoms with Crippen molar-refractivity contribution in [3.63, 3.8) is 0 Å². The lowest BCUT2D eigenvalue weighted by atomic mass is 10.1. The Morgan fingerprint density at radius 3 is 2.68 bits per heavy atom. The molecule has 0 unspecified atom stereocenters. The number of hydrogen-bond acceptors (Lipinski definition) is 3. The summed E-state index contributed by atoms with van der Waals surface area (Å²) in [6.07, 6.45) is 0. The molecular weight excluding hydrogens is 310 g/mol. The molecule has 0 aliphatic rings. The molecule has 0 aliphatic carbocycles. The van der Waals surface area contributed by atoms with E-state index in [4.69, 9.17) is 0 Å². The Morgan fingerprint density at radius 1 is 1.27 bits per heavy atom. The molecule has 0 spiro atoms. The Morgan fingerprint density at radius 2 is 2.05 bits per heavy atom. The van der Waals surface area contributed by atoms with E-state index in [1.165, 1.54) is 17.4 Å². The summed E-state index contributed by atoms with van der Waals surface area (Å²) in [6, 6.07) is 5.91. The molecule has 0 saturated carbocycles. The van der Waals surface area contributed by atoms with E-state index in [9.17, 15) is 18.4 Å². The molecule has 2 rings (SSSR count). The average Bonchev–Trinajstić information content (AvgIpc) is 2.98. The van der Waals surface area contributed by atoms with Gasteiger partial charge in [-0.2, -0.15) is 0 Å². The highest BCUT2D eigenvalue weighted by molar-refractivity contribution is 7.12. The fraction of sp³-hybridized carbons (Fsp3) is 0.200. The predicted octanol–water partition coefficient (Wildman–Crippen LogP) is 2.63. The molecule has 2 N–H and O–H groups in total. The highest BCUT2D eigenvalue weighted by atomic mass is 32.1. The van der Waals surface area contributed by atoms with E-state index in [-0.39, 0.29) is 18.0 Å². The third-order valence-electron chi connectivity index (χ3n) is 2.96. The molecule has 4 nitrogen and oxygen atoms in total. The first kappa shape index (κ1) is 16.1. The summed E-state index contributed by atoms with van der Waals surface area (Å²) in [4.78, 5) is 23.9. The number of nitrogens with one attached hydrogen (secondary N) is 2. The van der Waals surface area contributed by atoms with Gasteiger partial charge in [0, 0.05) is 11.6 Å². The lowest BCUT2D eigenvalue weighted by molar-refractivity contribution is -0.120. The summed E-state index contributed by atoms with van der Waals surface area (Å²) < 4.78 is 26.4. The molecule has 1 atom stereocenters. The standard InChI is InChI=1S/C15H14F2N2O2S/c1-9(11-5-4-10(16)7-12(11)17)19-14(20)8-18-15(21)13-3-2-6-22-13/h2-7,9H,8H2,1H3,(H,18,21)(H,19,20)/t9-/m1/s1. The van der Waals surface area contributed by atoms with E-state index < -0.39 is 23.6 Å². The maximum atomic E-state index is 13.6. The molecule has 1 aromatic carbocycles. The van der Waals surface area contributed by atoms with Gasteiger partial charge >= 0.3 is 0 Å². The molecule has 0 radical (unpaired) electrons. The second-order valence-corrected chi connectivity index (χ2v) is 5.56. The van der Waals surface area contributed by atoms with E-state index in [2.05, 4.69) is 10.6 Å². The Kier molecular flexibility index (Phi) is 5.21. The lowest BCUT2D eigenvalue weighted by Gasteiger charge is -2.15. The maximum absolute atomic E-state index is 13.6. The zero-order chi connectivity index (χ0) is 16.1. The zero-order valence-corrected chi connectivity index (χ0v) is 12.5. The first-order valence-corrected chi connectivity index (χ1v) is 7.41. The Labute approximate surface area is 130 Å². The largest absolute Gasteiger partial charge is 0.348 e. The van der Waals surface area contributed by atoms with Crippen LogP contribution in [0.2, 0.25) is 0 Å². The molecule has 0 bridgehead atoms. The van der Waals surface area contributed by atoms with Crippen molar-refractivity contribution in [1.29, 1.82) is 0 Å². The van der Waals surface area contributed by atoms with Crippen LogP contribution < -0.4 is 10.6 Å². The first-order valence-electron chi connectivity index (χ1n) is 6.53. The first-order chi connectivity index (χ1) is 10.5. The van der Waals surface area contributed by atoms with Crippen molar-refractivity contribution in [3.05, 3.63) is 57.8 Å². The van der Waals surface area contributed by atoms with Gasteiger partial charge in [-0.05, 0) is 24.4 Å². The quantitative estimate of drug-likeness (QED) is 0.888. The van der Waals surface area contributed by atoms with E-state index in [0.717, 1.165) is 12.1 Å². The molecule has 1 heterocycles. The average molecular weight is 324 g/mol. The van der Waals surface area contributed by atoms with Crippen LogP contribution in [0.1, 0.15) is 28.2 Å². The molecule has 2 aromatic rings. The van der Waals surface area contributed by atoms with Crippen LogP contribution in [-0.2, 0) is 4.79 Å². The highest BCUT2D eigenvalue weighted by Crippen LogP contribution is 2.17. The summed E-state index contributed by atoms with van der Waals surface area (Å²) in [5, 5.41) is 6.77. The van der Waals surface area contributed by atoms with Gasteiger partial charge in [-0.25, -0.2) is 8.78 Å². The van der Waals surface area contributed by atoms with Crippen molar-refractivity contribution in [2.45, 2.75) is 13.0 Å². The molecule has 116 valence electrons. The van der Waals surface area contributed by atoms with Crippen molar-refractivity contribution < 1.29 is 18.4 Å². The van der Waals surface area contributed by atoms with Gasteiger partial charge in [0.2, 0.25) is 5.91 Å². The SMILES string of the molecule is C[C@@H](NC(=O)CNC(=O)c1cccs1)c1ccc(F)cc1F. The van der Waals surface area contributed by atoms with E-state index in [1.807, 2.05) is 0 Å². The fourth-order valence-electron chi connectivity index (χ4n) is 1.88. The van der Waals surface area contributed by atoms with Gasteiger partial charge in [-0.1, -0.05) is 12.1 Å². The zero-order valence-electron chi connectivity index (χ0n) is 11.7. The number of hydrogen-bond donors (Lipinski definition) is 2. The number of carbonyl (C=O) groups excluding carboxylic acids is 2. The molecule has 22 heavy (non-hydrogen) atoms. The minimum absolute atomic E-state index is 0.180. The van der Waals surface area contributed by atoms with Gasteiger partial charge in [0.15, 0.2) is 0 Å². The summed E-state index contributed by atoms with van der Waals surface area (Å²) in [5.41, 5.74) is 0.180. The van der Waals surface area contributed by atoms with Crippen LogP contribution in [0.15, 0.2) is 35.7 Å². The van der Waals surface area contributed by atoms with Gasteiger partial charge in [0.25, 0.3) is 5.91 Å². The topological polar surface area (TPSA) is 58.2 Å². The van der Waals surface area contributed by atoms with Crippen molar-refractivity contribution in [1.82, 2.24) is 10.6 Å². The minimum Gasteiger partial charge on any atom is -0.348 e. The third-order valence-corrected chi connectivity index (χ3v) is 3.83. The van der Waals surface area contributed by atoms with Gasteiger partial charge < -0.3 is 10.6 Å². The second-order valence-electron chi connectivity index (χ2n) is 4.62. The Balaban J connectivity index is 1.87. The van der Waals surface area contributed by atoms with Gasteiger partial charge in [0.05, 0.1) is 17.5 Å². The normalized spacial score (nSPS) is 11.8. The van der Waals surface area contributed by atoms with Crippen LogP contribution in [0.25, 0.3) is 0 Å². The molecule has 0 aliphatic heterocycles. The van der Waals surface area contributed by atoms with Crippen molar-refractivity contribution in [2.24, 2.45) is 0 Å². The smallest absolute Gasteiger partial charge is 0.261 e.